The standard InChI is InChI=1S/C9H13IO3/c10-7(9(12)13)8(11)6-4-2-1-3-5-6/h6-7H,1-5H2,(H,12,13). The number of carbonyl (C=O) groups excluding carboxylic acids is 1. The summed E-state index contributed by atoms with van der Waals surface area (Å²) >= 11 is 1.71. The molecule has 0 heterocycles. The molecule has 1 unspecified atom stereocenters. The predicted molar refractivity (Wildman–Crippen MR) is 57.0 cm³/mol. The molecule has 0 aliphatic heterocycles. The summed E-state index contributed by atoms with van der Waals surface area (Å²) in [6.45, 7) is 0. The van der Waals surface area contributed by atoms with Crippen LogP contribution in [0.3, 0.4) is 0 Å². The van der Waals surface area contributed by atoms with E-state index >= 15 is 0 Å². The molecular formula is C9H13IO3. The molecule has 0 aromatic rings. The third-order valence-corrected chi connectivity index (χ3v) is 3.62. The molecule has 1 aliphatic carbocycles. The third kappa shape index (κ3) is 2.93. The van der Waals surface area contributed by atoms with Gasteiger partial charge < -0.3 is 5.11 Å². The number of carboxylic acids is 1. The van der Waals surface area contributed by atoms with Gasteiger partial charge in [-0.2, -0.15) is 0 Å². The van der Waals surface area contributed by atoms with E-state index < -0.39 is 9.89 Å². The summed E-state index contributed by atoms with van der Waals surface area (Å²) in [5.41, 5.74) is 0. The summed E-state index contributed by atoms with van der Waals surface area (Å²) in [4.78, 5) is 22.1. The minimum absolute atomic E-state index is 0.00625. The molecule has 0 aromatic heterocycles. The Hall–Kier alpha value is -0.130. The van der Waals surface area contributed by atoms with Crippen LogP contribution in [0.15, 0.2) is 0 Å². The van der Waals surface area contributed by atoms with E-state index in [1.807, 2.05) is 0 Å². The van der Waals surface area contributed by atoms with Gasteiger partial charge in [0.05, 0.1) is 0 Å². The van der Waals surface area contributed by atoms with Crippen LogP contribution in [-0.4, -0.2) is 20.8 Å². The van der Waals surface area contributed by atoms with Gasteiger partial charge in [0.2, 0.25) is 0 Å². The van der Waals surface area contributed by atoms with E-state index in [1.165, 1.54) is 6.42 Å². The van der Waals surface area contributed by atoms with E-state index in [0.29, 0.717) is 0 Å². The summed E-state index contributed by atoms with van der Waals surface area (Å²) in [6, 6.07) is 0. The van der Waals surface area contributed by atoms with Gasteiger partial charge in [0.15, 0.2) is 9.71 Å². The maximum absolute atomic E-state index is 11.6. The van der Waals surface area contributed by atoms with Crippen molar-refractivity contribution in [3.05, 3.63) is 0 Å². The first-order valence-electron chi connectivity index (χ1n) is 4.53. The van der Waals surface area contributed by atoms with E-state index in [4.69, 9.17) is 5.11 Å². The Kier molecular flexibility index (Phi) is 4.15. The molecule has 1 N–H and O–H groups in total. The highest BCUT2D eigenvalue weighted by molar-refractivity contribution is 14.1. The zero-order valence-corrected chi connectivity index (χ0v) is 9.49. The Morgan fingerprint density at radius 1 is 1.23 bits per heavy atom. The second-order valence-electron chi connectivity index (χ2n) is 3.44. The first-order chi connectivity index (χ1) is 6.13. The number of carbonyl (C=O) groups is 2. The van der Waals surface area contributed by atoms with Crippen molar-refractivity contribution in [1.82, 2.24) is 0 Å². The number of Topliss-reactive ketones (excluding diaryl/α,β-unsaturated/α-hetero) is 1. The van der Waals surface area contributed by atoms with Gasteiger partial charge in [-0.15, -0.1) is 0 Å². The average Bonchev–Trinajstić information content (AvgIpc) is 2.17. The van der Waals surface area contributed by atoms with Crippen LogP contribution in [0.1, 0.15) is 32.1 Å². The normalized spacial score (nSPS) is 21.0. The van der Waals surface area contributed by atoms with Crippen molar-refractivity contribution in [1.29, 1.82) is 0 Å². The monoisotopic (exact) mass is 296 g/mol. The highest BCUT2D eigenvalue weighted by atomic mass is 127. The molecule has 74 valence electrons. The predicted octanol–water partition coefficient (Wildman–Crippen LogP) is 2.02. The molecule has 1 saturated carbocycles. The van der Waals surface area contributed by atoms with Crippen LogP contribution in [0.4, 0.5) is 0 Å². The number of halogens is 1. The lowest BCUT2D eigenvalue weighted by Crippen LogP contribution is -2.31. The first kappa shape index (κ1) is 10.9. The maximum atomic E-state index is 11.6. The molecule has 13 heavy (non-hydrogen) atoms. The quantitative estimate of drug-likeness (QED) is 0.492. The van der Waals surface area contributed by atoms with Crippen molar-refractivity contribution in [2.75, 3.05) is 0 Å². The van der Waals surface area contributed by atoms with Crippen LogP contribution in [0.2, 0.25) is 0 Å². The van der Waals surface area contributed by atoms with Crippen LogP contribution in [-0.2, 0) is 9.59 Å². The highest BCUT2D eigenvalue weighted by Crippen LogP contribution is 2.26. The number of ketones is 1. The van der Waals surface area contributed by atoms with E-state index in [1.54, 1.807) is 22.6 Å². The Balaban J connectivity index is 2.50. The maximum Gasteiger partial charge on any atom is 0.324 e. The second-order valence-corrected chi connectivity index (χ2v) is 4.68. The SMILES string of the molecule is O=C(O)C(I)C(=O)C1CCCCC1. The third-order valence-electron chi connectivity index (χ3n) is 2.47. The van der Waals surface area contributed by atoms with Gasteiger partial charge in [-0.1, -0.05) is 41.9 Å². The van der Waals surface area contributed by atoms with Crippen molar-refractivity contribution in [3.63, 3.8) is 0 Å². The van der Waals surface area contributed by atoms with Crippen molar-refractivity contribution < 1.29 is 14.7 Å². The molecule has 0 aromatic carbocycles. The fraction of sp³-hybridized carbons (Fsp3) is 0.778. The van der Waals surface area contributed by atoms with Gasteiger partial charge in [-0.3, -0.25) is 9.59 Å². The summed E-state index contributed by atoms with van der Waals surface area (Å²) in [7, 11) is 0. The Labute approximate surface area is 91.0 Å². The minimum Gasteiger partial charge on any atom is -0.480 e. The molecule has 4 heteroatoms. The summed E-state index contributed by atoms with van der Waals surface area (Å²) in [5, 5.41) is 8.65. The van der Waals surface area contributed by atoms with E-state index in [2.05, 4.69) is 0 Å². The molecule has 1 rings (SSSR count). The number of aliphatic carboxylic acids is 1. The second kappa shape index (κ2) is 4.93. The average molecular weight is 296 g/mol. The fourth-order valence-electron chi connectivity index (χ4n) is 1.72. The van der Waals surface area contributed by atoms with E-state index in [-0.39, 0.29) is 11.7 Å². The van der Waals surface area contributed by atoms with Crippen molar-refractivity contribution >= 4 is 34.3 Å². The summed E-state index contributed by atoms with van der Waals surface area (Å²) in [6.07, 6.45) is 5.08. The fourth-order valence-corrected chi connectivity index (χ4v) is 2.22. The molecular weight excluding hydrogens is 283 g/mol. The van der Waals surface area contributed by atoms with Crippen LogP contribution in [0, 0.1) is 5.92 Å². The van der Waals surface area contributed by atoms with Crippen molar-refractivity contribution in [2.45, 2.75) is 36.0 Å². The van der Waals surface area contributed by atoms with Crippen LogP contribution < -0.4 is 0 Å². The zero-order chi connectivity index (χ0) is 9.84. The Bertz CT molecular complexity index is 209. The highest BCUT2D eigenvalue weighted by Gasteiger charge is 2.30. The molecule has 1 fully saturated rings. The molecule has 0 radical (unpaired) electrons. The van der Waals surface area contributed by atoms with Gasteiger partial charge in [0.25, 0.3) is 0 Å². The Morgan fingerprint density at radius 3 is 2.23 bits per heavy atom. The number of alkyl halides is 1. The van der Waals surface area contributed by atoms with E-state index in [9.17, 15) is 9.59 Å². The van der Waals surface area contributed by atoms with Gasteiger partial charge >= 0.3 is 5.97 Å². The van der Waals surface area contributed by atoms with Gasteiger partial charge in [0.1, 0.15) is 0 Å². The van der Waals surface area contributed by atoms with Crippen LogP contribution in [0.5, 0.6) is 0 Å². The lowest BCUT2D eigenvalue weighted by atomic mass is 9.85. The lowest BCUT2D eigenvalue weighted by molar-refractivity contribution is -0.140. The molecule has 0 bridgehead atoms. The molecule has 1 atom stereocenters. The molecule has 0 saturated heterocycles. The number of hydrogen-bond acceptors (Lipinski definition) is 2. The minimum atomic E-state index is -1.00. The summed E-state index contributed by atoms with van der Waals surface area (Å²) in [5.74, 6) is -1.09. The molecule has 1 aliphatic rings. The van der Waals surface area contributed by atoms with Gasteiger partial charge in [0, 0.05) is 5.92 Å². The van der Waals surface area contributed by atoms with Crippen LogP contribution >= 0.6 is 22.6 Å². The van der Waals surface area contributed by atoms with Gasteiger partial charge in [-0.05, 0) is 12.8 Å². The van der Waals surface area contributed by atoms with Crippen LogP contribution in [0.25, 0.3) is 0 Å². The van der Waals surface area contributed by atoms with Crippen molar-refractivity contribution in [2.24, 2.45) is 5.92 Å². The Morgan fingerprint density at radius 2 is 1.77 bits per heavy atom. The number of rotatable bonds is 3. The molecule has 0 spiro atoms. The van der Waals surface area contributed by atoms with Gasteiger partial charge in [-0.25, -0.2) is 0 Å². The lowest BCUT2D eigenvalue weighted by Gasteiger charge is -2.21. The number of hydrogen-bond donors (Lipinski definition) is 1. The smallest absolute Gasteiger partial charge is 0.324 e. The van der Waals surface area contributed by atoms with Crippen molar-refractivity contribution in [3.8, 4) is 0 Å². The largest absolute Gasteiger partial charge is 0.480 e. The summed E-state index contributed by atoms with van der Waals surface area (Å²) < 4.78 is -0.847. The van der Waals surface area contributed by atoms with E-state index in [0.717, 1.165) is 25.7 Å². The molecule has 0 amide bonds. The first-order valence-corrected chi connectivity index (χ1v) is 5.78. The topological polar surface area (TPSA) is 54.4 Å². The number of carboxylic acid groups (broad SMARTS) is 1. The molecule has 3 nitrogen and oxygen atoms in total. The zero-order valence-electron chi connectivity index (χ0n) is 7.33.